The van der Waals surface area contributed by atoms with E-state index in [0.717, 1.165) is 11.4 Å². The summed E-state index contributed by atoms with van der Waals surface area (Å²) in [6, 6.07) is 7.01. The number of aromatic nitrogens is 2. The lowest BCUT2D eigenvalue weighted by molar-refractivity contribution is 0.191. The van der Waals surface area contributed by atoms with Gasteiger partial charge in [0.05, 0.1) is 6.10 Å². The van der Waals surface area contributed by atoms with E-state index in [1.54, 1.807) is 18.2 Å². The van der Waals surface area contributed by atoms with Gasteiger partial charge in [-0.3, -0.25) is 0 Å². The van der Waals surface area contributed by atoms with Crippen molar-refractivity contribution in [2.45, 2.75) is 20.0 Å². The van der Waals surface area contributed by atoms with Crippen molar-refractivity contribution in [1.29, 1.82) is 0 Å². The Balaban J connectivity index is 2.10. The smallest absolute Gasteiger partial charge is 0.223 e. The number of aliphatic hydroxyl groups excluding tert-OH is 1. The first kappa shape index (κ1) is 15.0. The third-order valence-corrected chi connectivity index (χ3v) is 3.43. The van der Waals surface area contributed by atoms with E-state index in [-0.39, 0.29) is 6.54 Å². The predicted molar refractivity (Wildman–Crippen MR) is 81.4 cm³/mol. The fraction of sp³-hybridized carbons (Fsp3) is 0.286. The van der Waals surface area contributed by atoms with Gasteiger partial charge in [-0.1, -0.05) is 29.3 Å². The number of rotatable bonds is 4. The number of aryl methyl sites for hydroxylation is 2. The molecule has 0 fully saturated rings. The van der Waals surface area contributed by atoms with Gasteiger partial charge in [0, 0.05) is 33.5 Å². The minimum absolute atomic E-state index is 0.229. The first-order valence-electron chi connectivity index (χ1n) is 6.15. The van der Waals surface area contributed by atoms with Gasteiger partial charge in [-0.25, -0.2) is 9.97 Å². The van der Waals surface area contributed by atoms with Crippen molar-refractivity contribution >= 4 is 29.2 Å². The minimum Gasteiger partial charge on any atom is -0.386 e. The summed E-state index contributed by atoms with van der Waals surface area (Å²) in [6.45, 7) is 4.01. The van der Waals surface area contributed by atoms with Crippen LogP contribution < -0.4 is 5.32 Å². The van der Waals surface area contributed by atoms with Gasteiger partial charge in [0.25, 0.3) is 0 Å². The maximum Gasteiger partial charge on any atom is 0.223 e. The second-order valence-electron chi connectivity index (χ2n) is 4.51. The minimum atomic E-state index is -0.833. The highest BCUT2D eigenvalue weighted by atomic mass is 35.5. The Morgan fingerprint density at radius 1 is 1.15 bits per heavy atom. The Kier molecular flexibility index (Phi) is 4.81. The molecule has 1 aromatic heterocycles. The molecular weight excluding hydrogens is 297 g/mol. The van der Waals surface area contributed by atoms with Gasteiger partial charge < -0.3 is 10.4 Å². The van der Waals surface area contributed by atoms with Crippen LogP contribution in [0.25, 0.3) is 0 Å². The summed E-state index contributed by atoms with van der Waals surface area (Å²) in [5.74, 6) is 0.477. The van der Waals surface area contributed by atoms with Crippen molar-refractivity contribution in [2.24, 2.45) is 0 Å². The molecule has 4 nitrogen and oxygen atoms in total. The van der Waals surface area contributed by atoms with Gasteiger partial charge in [-0.05, 0) is 32.0 Å². The molecule has 0 saturated carbocycles. The van der Waals surface area contributed by atoms with Gasteiger partial charge in [0.15, 0.2) is 0 Å². The number of hydrogen-bond donors (Lipinski definition) is 2. The van der Waals surface area contributed by atoms with E-state index in [0.29, 0.717) is 21.6 Å². The predicted octanol–water partition coefficient (Wildman–Crippen LogP) is 3.55. The number of benzene rings is 1. The van der Waals surface area contributed by atoms with Gasteiger partial charge in [-0.15, -0.1) is 0 Å². The van der Waals surface area contributed by atoms with Crippen molar-refractivity contribution in [2.75, 3.05) is 11.9 Å². The van der Waals surface area contributed by atoms with Gasteiger partial charge in [0.1, 0.15) is 0 Å². The Morgan fingerprint density at radius 3 is 2.25 bits per heavy atom. The van der Waals surface area contributed by atoms with Crippen LogP contribution in [-0.4, -0.2) is 21.6 Å². The summed E-state index contributed by atoms with van der Waals surface area (Å²) >= 11 is 12.1. The molecule has 0 aliphatic heterocycles. The molecule has 6 heteroatoms. The first-order chi connectivity index (χ1) is 9.47. The lowest BCUT2D eigenvalue weighted by Gasteiger charge is -2.15. The third-order valence-electron chi connectivity index (χ3n) is 2.77. The summed E-state index contributed by atoms with van der Waals surface area (Å²) in [7, 11) is 0. The third kappa shape index (κ3) is 3.60. The van der Waals surface area contributed by atoms with E-state index in [9.17, 15) is 5.11 Å². The summed E-state index contributed by atoms with van der Waals surface area (Å²) < 4.78 is 0. The fourth-order valence-electron chi connectivity index (χ4n) is 1.92. The van der Waals surface area contributed by atoms with Crippen LogP contribution in [0.1, 0.15) is 23.1 Å². The fourth-order valence-corrected chi connectivity index (χ4v) is 2.57. The maximum atomic E-state index is 10.2. The number of hydrogen-bond acceptors (Lipinski definition) is 4. The zero-order valence-corrected chi connectivity index (χ0v) is 12.7. The Bertz CT molecular complexity index is 579. The molecule has 0 aliphatic rings. The molecule has 2 rings (SSSR count). The van der Waals surface area contributed by atoms with Crippen molar-refractivity contribution in [1.82, 2.24) is 9.97 Å². The highest BCUT2D eigenvalue weighted by Gasteiger charge is 2.15. The van der Waals surface area contributed by atoms with Crippen LogP contribution in [0.4, 0.5) is 5.95 Å². The van der Waals surface area contributed by atoms with E-state index in [1.165, 1.54) is 0 Å². The average Bonchev–Trinajstić information content (AvgIpc) is 2.35. The van der Waals surface area contributed by atoms with E-state index in [1.807, 2.05) is 19.9 Å². The number of anilines is 1. The van der Waals surface area contributed by atoms with Crippen molar-refractivity contribution < 1.29 is 5.11 Å². The lowest BCUT2D eigenvalue weighted by atomic mass is 10.1. The summed E-state index contributed by atoms with van der Waals surface area (Å²) in [6.07, 6.45) is -0.833. The second-order valence-corrected chi connectivity index (χ2v) is 5.32. The van der Waals surface area contributed by atoms with E-state index >= 15 is 0 Å². The standard InChI is InChI=1S/C14H15Cl2N3O/c1-8-6-9(2)19-14(18-8)17-7-12(20)13-10(15)4-3-5-11(13)16/h3-6,12,20H,7H2,1-2H3,(H,17,18,19). The molecule has 0 saturated heterocycles. The maximum absolute atomic E-state index is 10.2. The molecule has 0 radical (unpaired) electrons. The molecule has 106 valence electrons. The molecule has 0 bridgehead atoms. The molecule has 20 heavy (non-hydrogen) atoms. The monoisotopic (exact) mass is 311 g/mol. The zero-order chi connectivity index (χ0) is 14.7. The quantitative estimate of drug-likeness (QED) is 0.906. The highest BCUT2D eigenvalue weighted by molar-refractivity contribution is 6.36. The van der Waals surface area contributed by atoms with Crippen LogP contribution in [0.3, 0.4) is 0 Å². The van der Waals surface area contributed by atoms with E-state index < -0.39 is 6.10 Å². The molecular formula is C14H15Cl2N3O. The van der Waals surface area contributed by atoms with Crippen LogP contribution in [0.5, 0.6) is 0 Å². The molecule has 2 N–H and O–H groups in total. The van der Waals surface area contributed by atoms with Crippen molar-refractivity contribution in [3.63, 3.8) is 0 Å². The van der Waals surface area contributed by atoms with Gasteiger partial charge in [0.2, 0.25) is 5.95 Å². The van der Waals surface area contributed by atoms with Crippen LogP contribution >= 0.6 is 23.2 Å². The molecule has 0 spiro atoms. The second kappa shape index (κ2) is 6.39. The first-order valence-corrected chi connectivity index (χ1v) is 6.91. The Hall–Kier alpha value is -1.36. The highest BCUT2D eigenvalue weighted by Crippen LogP contribution is 2.30. The number of halogens is 2. The molecule has 1 atom stereocenters. The lowest BCUT2D eigenvalue weighted by Crippen LogP contribution is -2.15. The summed E-state index contributed by atoms with van der Waals surface area (Å²) in [4.78, 5) is 8.49. The molecule has 0 amide bonds. The number of nitrogens with zero attached hydrogens (tertiary/aromatic N) is 2. The molecule has 1 heterocycles. The molecule has 2 aromatic rings. The zero-order valence-electron chi connectivity index (χ0n) is 11.2. The summed E-state index contributed by atoms with van der Waals surface area (Å²) in [5, 5.41) is 14.1. The normalized spacial score (nSPS) is 12.2. The van der Waals surface area contributed by atoms with Gasteiger partial charge in [-0.2, -0.15) is 0 Å². The van der Waals surface area contributed by atoms with Gasteiger partial charge >= 0.3 is 0 Å². The number of nitrogens with one attached hydrogen (secondary N) is 1. The SMILES string of the molecule is Cc1cc(C)nc(NCC(O)c2c(Cl)cccc2Cl)n1. The van der Waals surface area contributed by atoms with Crippen LogP contribution in [0.15, 0.2) is 24.3 Å². The van der Waals surface area contributed by atoms with Crippen LogP contribution in [0, 0.1) is 13.8 Å². The van der Waals surface area contributed by atoms with Crippen molar-refractivity contribution in [3.8, 4) is 0 Å². The Morgan fingerprint density at radius 2 is 1.70 bits per heavy atom. The molecule has 1 aromatic carbocycles. The van der Waals surface area contributed by atoms with E-state index in [2.05, 4.69) is 15.3 Å². The van der Waals surface area contributed by atoms with Crippen LogP contribution in [0.2, 0.25) is 10.0 Å². The van der Waals surface area contributed by atoms with E-state index in [4.69, 9.17) is 23.2 Å². The number of aliphatic hydroxyl groups is 1. The average molecular weight is 312 g/mol. The topological polar surface area (TPSA) is 58.0 Å². The van der Waals surface area contributed by atoms with Crippen LogP contribution in [-0.2, 0) is 0 Å². The largest absolute Gasteiger partial charge is 0.386 e. The molecule has 1 unspecified atom stereocenters. The van der Waals surface area contributed by atoms with Crippen molar-refractivity contribution in [3.05, 3.63) is 51.3 Å². The Labute approximate surface area is 127 Å². The summed E-state index contributed by atoms with van der Waals surface area (Å²) in [5.41, 5.74) is 2.24. The molecule has 0 aliphatic carbocycles.